The molecule has 25 heavy (non-hydrogen) atoms. The number of fused-ring (bicyclic) bond motifs is 1. The zero-order chi connectivity index (χ0) is 18.1. The van der Waals surface area contributed by atoms with Gasteiger partial charge in [0, 0.05) is 37.3 Å². The van der Waals surface area contributed by atoms with Crippen molar-refractivity contribution in [1.82, 2.24) is 19.4 Å². The highest BCUT2D eigenvalue weighted by atomic mass is 16.2. The van der Waals surface area contributed by atoms with Crippen LogP contribution in [0.1, 0.15) is 61.5 Å². The lowest BCUT2D eigenvalue weighted by Crippen LogP contribution is -2.45. The minimum Gasteiger partial charge on any atom is -0.330 e. The maximum Gasteiger partial charge on any atom is 0.256 e. The van der Waals surface area contributed by atoms with Gasteiger partial charge in [-0.15, -0.1) is 0 Å². The first-order valence-corrected chi connectivity index (χ1v) is 8.72. The average Bonchev–Trinajstić information content (AvgIpc) is 3.04. The van der Waals surface area contributed by atoms with Crippen molar-refractivity contribution in [2.75, 3.05) is 6.54 Å². The molecule has 1 aliphatic rings. The molecule has 0 radical (unpaired) electrons. The Morgan fingerprint density at radius 2 is 2.00 bits per heavy atom. The Balaban J connectivity index is 2.08. The minimum absolute atomic E-state index is 0.0422. The van der Waals surface area contributed by atoms with Crippen LogP contribution < -0.4 is 0 Å². The van der Waals surface area contributed by atoms with E-state index in [1.165, 1.54) is 0 Å². The summed E-state index contributed by atoms with van der Waals surface area (Å²) in [6, 6.07) is 3.05. The molecule has 0 fully saturated rings. The highest BCUT2D eigenvalue weighted by molar-refractivity contribution is 5.98. The van der Waals surface area contributed by atoms with Crippen LogP contribution in [0, 0.1) is 5.92 Å². The molecule has 0 N–H and O–H groups in total. The molecule has 0 aromatic carbocycles. The van der Waals surface area contributed by atoms with Gasteiger partial charge in [-0.3, -0.25) is 14.6 Å². The SMILES string of the molecule is CC(C)C(=O)C1c2c(ncn2C(C)C)CCN1C(=O)c1cccnc1. The summed E-state index contributed by atoms with van der Waals surface area (Å²) < 4.78 is 2.02. The van der Waals surface area contributed by atoms with Crippen molar-refractivity contribution < 1.29 is 9.59 Å². The molecule has 0 aliphatic carbocycles. The number of amides is 1. The molecule has 1 amide bonds. The number of Topliss-reactive ketones (excluding diaryl/α,β-unsaturated/α-hetero) is 1. The monoisotopic (exact) mass is 340 g/mol. The molecule has 0 saturated carbocycles. The fourth-order valence-electron chi connectivity index (χ4n) is 3.29. The van der Waals surface area contributed by atoms with Gasteiger partial charge >= 0.3 is 0 Å². The molecule has 6 nitrogen and oxygen atoms in total. The summed E-state index contributed by atoms with van der Waals surface area (Å²) in [6.07, 6.45) is 5.63. The molecule has 2 aromatic heterocycles. The van der Waals surface area contributed by atoms with Gasteiger partial charge in [-0.05, 0) is 26.0 Å². The number of hydrogen-bond acceptors (Lipinski definition) is 4. The first kappa shape index (κ1) is 17.3. The van der Waals surface area contributed by atoms with E-state index >= 15 is 0 Å². The molecule has 132 valence electrons. The number of imidazole rings is 1. The zero-order valence-electron chi connectivity index (χ0n) is 15.1. The molecule has 1 atom stereocenters. The number of nitrogens with zero attached hydrogens (tertiary/aromatic N) is 4. The number of pyridine rings is 1. The summed E-state index contributed by atoms with van der Waals surface area (Å²) in [5, 5.41) is 0. The minimum atomic E-state index is -0.596. The Hall–Kier alpha value is -2.50. The molecular weight excluding hydrogens is 316 g/mol. The van der Waals surface area contributed by atoms with Gasteiger partial charge in [0.1, 0.15) is 6.04 Å². The topological polar surface area (TPSA) is 68.1 Å². The fourth-order valence-corrected chi connectivity index (χ4v) is 3.29. The van der Waals surface area contributed by atoms with Gasteiger partial charge in [-0.25, -0.2) is 4.98 Å². The number of ketones is 1. The lowest BCUT2D eigenvalue weighted by Gasteiger charge is -2.36. The van der Waals surface area contributed by atoms with Gasteiger partial charge in [0.25, 0.3) is 5.91 Å². The van der Waals surface area contributed by atoms with Gasteiger partial charge in [0.2, 0.25) is 0 Å². The van der Waals surface area contributed by atoms with E-state index in [-0.39, 0.29) is 23.7 Å². The molecule has 2 aromatic rings. The summed E-state index contributed by atoms with van der Waals surface area (Å²) in [5.41, 5.74) is 2.28. The summed E-state index contributed by atoms with van der Waals surface area (Å²) in [5.74, 6) is -0.287. The Morgan fingerprint density at radius 1 is 1.24 bits per heavy atom. The number of carbonyl (C=O) groups excluding carboxylic acids is 2. The van der Waals surface area contributed by atoms with E-state index in [9.17, 15) is 9.59 Å². The standard InChI is InChI=1S/C19H24N4O2/c1-12(2)18(24)17-16-15(21-11-23(16)13(3)4)7-9-22(17)19(25)14-6-5-8-20-10-14/h5-6,8,10-13,17H,7,9H2,1-4H3. The average molecular weight is 340 g/mol. The van der Waals surface area contributed by atoms with Crippen molar-refractivity contribution in [1.29, 1.82) is 0 Å². The van der Waals surface area contributed by atoms with Gasteiger partial charge in [0.15, 0.2) is 5.78 Å². The maximum absolute atomic E-state index is 13.1. The molecular formula is C19H24N4O2. The van der Waals surface area contributed by atoms with E-state index in [1.54, 1.807) is 35.8 Å². The normalized spacial score (nSPS) is 17.0. The lowest BCUT2D eigenvalue weighted by molar-refractivity contribution is -0.127. The molecule has 0 saturated heterocycles. The van der Waals surface area contributed by atoms with E-state index < -0.39 is 6.04 Å². The van der Waals surface area contributed by atoms with E-state index in [0.29, 0.717) is 18.5 Å². The van der Waals surface area contributed by atoms with E-state index in [1.807, 2.05) is 18.4 Å². The first-order valence-electron chi connectivity index (χ1n) is 8.72. The molecule has 6 heteroatoms. The van der Waals surface area contributed by atoms with Crippen molar-refractivity contribution in [3.8, 4) is 0 Å². The fraction of sp³-hybridized carbons (Fsp3) is 0.474. The second kappa shape index (κ2) is 6.78. The summed E-state index contributed by atoms with van der Waals surface area (Å²) in [6.45, 7) is 8.35. The first-order chi connectivity index (χ1) is 11.9. The van der Waals surface area contributed by atoms with Gasteiger partial charge in [-0.2, -0.15) is 0 Å². The van der Waals surface area contributed by atoms with Gasteiger partial charge in [-0.1, -0.05) is 13.8 Å². The van der Waals surface area contributed by atoms with E-state index in [4.69, 9.17) is 0 Å². The second-order valence-electron chi connectivity index (χ2n) is 7.03. The summed E-state index contributed by atoms with van der Waals surface area (Å²) >= 11 is 0. The van der Waals surface area contributed by atoms with Crippen molar-refractivity contribution in [3.63, 3.8) is 0 Å². The molecule has 3 rings (SSSR count). The van der Waals surface area contributed by atoms with Gasteiger partial charge < -0.3 is 9.47 Å². The smallest absolute Gasteiger partial charge is 0.256 e. The van der Waals surface area contributed by atoms with Crippen LogP contribution in [-0.4, -0.2) is 37.7 Å². The molecule has 0 bridgehead atoms. The molecule has 0 spiro atoms. The van der Waals surface area contributed by atoms with Crippen molar-refractivity contribution >= 4 is 11.7 Å². The highest BCUT2D eigenvalue weighted by Gasteiger charge is 2.40. The van der Waals surface area contributed by atoms with Crippen LogP contribution in [0.5, 0.6) is 0 Å². The second-order valence-corrected chi connectivity index (χ2v) is 7.03. The van der Waals surface area contributed by atoms with Crippen LogP contribution in [0.25, 0.3) is 0 Å². The van der Waals surface area contributed by atoms with Crippen LogP contribution in [0.2, 0.25) is 0 Å². The number of carbonyl (C=O) groups is 2. The Labute approximate surface area is 147 Å². The van der Waals surface area contributed by atoms with Crippen LogP contribution in [0.4, 0.5) is 0 Å². The van der Waals surface area contributed by atoms with E-state index in [0.717, 1.165) is 11.4 Å². The van der Waals surface area contributed by atoms with Gasteiger partial charge in [0.05, 0.1) is 23.3 Å². The number of rotatable bonds is 4. The Bertz CT molecular complexity index is 780. The summed E-state index contributed by atoms with van der Waals surface area (Å²) in [7, 11) is 0. The molecule has 1 aliphatic heterocycles. The third-order valence-corrected chi connectivity index (χ3v) is 4.64. The lowest BCUT2D eigenvalue weighted by atomic mass is 9.92. The Kier molecular flexibility index (Phi) is 4.70. The zero-order valence-corrected chi connectivity index (χ0v) is 15.1. The molecule has 1 unspecified atom stereocenters. The third kappa shape index (κ3) is 3.08. The summed E-state index contributed by atoms with van der Waals surface area (Å²) in [4.78, 5) is 36.3. The van der Waals surface area contributed by atoms with Crippen LogP contribution in [0.15, 0.2) is 30.9 Å². The van der Waals surface area contributed by atoms with Crippen molar-refractivity contribution in [2.45, 2.75) is 46.2 Å². The van der Waals surface area contributed by atoms with Crippen LogP contribution in [0.3, 0.4) is 0 Å². The van der Waals surface area contributed by atoms with Crippen LogP contribution >= 0.6 is 0 Å². The maximum atomic E-state index is 13.1. The predicted molar refractivity (Wildman–Crippen MR) is 94.2 cm³/mol. The van der Waals surface area contributed by atoms with Crippen LogP contribution in [-0.2, 0) is 11.2 Å². The van der Waals surface area contributed by atoms with Crippen molar-refractivity contribution in [2.24, 2.45) is 5.92 Å². The number of hydrogen-bond donors (Lipinski definition) is 0. The Morgan fingerprint density at radius 3 is 2.60 bits per heavy atom. The third-order valence-electron chi connectivity index (χ3n) is 4.64. The van der Waals surface area contributed by atoms with Crippen molar-refractivity contribution in [3.05, 3.63) is 47.8 Å². The molecule has 3 heterocycles. The highest BCUT2D eigenvalue weighted by Crippen LogP contribution is 2.34. The van der Waals surface area contributed by atoms with E-state index in [2.05, 4.69) is 23.8 Å². The number of aromatic nitrogens is 3. The largest absolute Gasteiger partial charge is 0.330 e. The predicted octanol–water partition coefficient (Wildman–Crippen LogP) is 2.82. The quantitative estimate of drug-likeness (QED) is 0.858.